The fraction of sp³-hybridized carbons (Fsp3) is 0.158. The van der Waals surface area contributed by atoms with Crippen LogP contribution in [0.5, 0.6) is 0 Å². The molecule has 1 atom stereocenters. The van der Waals surface area contributed by atoms with Crippen LogP contribution in [0.25, 0.3) is 28.0 Å². The Morgan fingerprint density at radius 1 is 1.12 bits per heavy atom. The predicted molar refractivity (Wildman–Crippen MR) is 92.0 cm³/mol. The van der Waals surface area contributed by atoms with Gasteiger partial charge in [-0.1, -0.05) is 23.4 Å². The van der Waals surface area contributed by atoms with E-state index in [4.69, 9.17) is 9.26 Å². The lowest BCUT2D eigenvalue weighted by Gasteiger charge is -2.10. The standard InChI is InChI=1S/C19H17N3O2/c1-13(23-2)14-6-7-19-18(11-14)20-12-22(19)16-5-3-4-15(10-16)17-8-9-24-21-17/h3-13H,1-2H3. The molecule has 0 fully saturated rings. The average molecular weight is 319 g/mol. The molecule has 5 heteroatoms. The van der Waals surface area contributed by atoms with Gasteiger partial charge in [0.15, 0.2) is 0 Å². The van der Waals surface area contributed by atoms with Crippen molar-refractivity contribution in [2.75, 3.05) is 7.11 Å². The summed E-state index contributed by atoms with van der Waals surface area (Å²) in [6, 6.07) is 16.2. The topological polar surface area (TPSA) is 53.1 Å². The molecule has 24 heavy (non-hydrogen) atoms. The molecule has 0 radical (unpaired) electrons. The zero-order chi connectivity index (χ0) is 16.5. The van der Waals surface area contributed by atoms with Crippen LogP contribution in [0.4, 0.5) is 0 Å². The molecule has 120 valence electrons. The van der Waals surface area contributed by atoms with Gasteiger partial charge < -0.3 is 9.26 Å². The molecule has 4 rings (SSSR count). The van der Waals surface area contributed by atoms with Crippen LogP contribution in [-0.2, 0) is 4.74 Å². The lowest BCUT2D eigenvalue weighted by Crippen LogP contribution is -1.96. The van der Waals surface area contributed by atoms with E-state index in [1.54, 1.807) is 13.4 Å². The summed E-state index contributed by atoms with van der Waals surface area (Å²) in [5, 5.41) is 4.00. The second-order valence-corrected chi connectivity index (χ2v) is 5.68. The molecule has 0 N–H and O–H groups in total. The van der Waals surface area contributed by atoms with Gasteiger partial charge in [-0.05, 0) is 36.8 Å². The molecule has 1 unspecified atom stereocenters. The van der Waals surface area contributed by atoms with E-state index in [2.05, 4.69) is 45.0 Å². The molecule has 0 aliphatic rings. The molecule has 2 heterocycles. The van der Waals surface area contributed by atoms with E-state index in [9.17, 15) is 0 Å². The van der Waals surface area contributed by atoms with Crippen LogP contribution in [0, 0.1) is 0 Å². The van der Waals surface area contributed by atoms with Gasteiger partial charge in [0.25, 0.3) is 0 Å². The molecule has 0 bridgehead atoms. The Labute approximate surface area is 139 Å². The highest BCUT2D eigenvalue weighted by Crippen LogP contribution is 2.25. The quantitative estimate of drug-likeness (QED) is 0.560. The zero-order valence-electron chi connectivity index (χ0n) is 13.5. The minimum atomic E-state index is 0.0510. The number of fused-ring (bicyclic) bond motifs is 1. The van der Waals surface area contributed by atoms with Gasteiger partial charge in [-0.15, -0.1) is 0 Å². The molecule has 0 saturated carbocycles. The summed E-state index contributed by atoms with van der Waals surface area (Å²) in [7, 11) is 1.71. The van der Waals surface area contributed by atoms with E-state index >= 15 is 0 Å². The highest BCUT2D eigenvalue weighted by Gasteiger charge is 2.10. The Kier molecular flexibility index (Phi) is 3.63. The highest BCUT2D eigenvalue weighted by atomic mass is 16.5. The second-order valence-electron chi connectivity index (χ2n) is 5.68. The van der Waals surface area contributed by atoms with Gasteiger partial charge in [0.2, 0.25) is 0 Å². The van der Waals surface area contributed by atoms with Crippen molar-refractivity contribution in [3.8, 4) is 16.9 Å². The van der Waals surface area contributed by atoms with Crippen LogP contribution in [0.2, 0.25) is 0 Å². The molecule has 4 aromatic rings. The largest absolute Gasteiger partial charge is 0.377 e. The summed E-state index contributed by atoms with van der Waals surface area (Å²) < 4.78 is 12.4. The van der Waals surface area contributed by atoms with Crippen molar-refractivity contribution in [2.45, 2.75) is 13.0 Å². The molecule has 0 spiro atoms. The number of imidazole rings is 1. The van der Waals surface area contributed by atoms with Gasteiger partial charge >= 0.3 is 0 Å². The summed E-state index contributed by atoms with van der Waals surface area (Å²) in [5.41, 5.74) is 5.98. The molecule has 0 aliphatic heterocycles. The Morgan fingerprint density at radius 3 is 2.83 bits per heavy atom. The average Bonchev–Trinajstić information content (AvgIpc) is 3.30. The third-order valence-corrected chi connectivity index (χ3v) is 4.25. The minimum Gasteiger partial charge on any atom is -0.377 e. The number of hydrogen-bond donors (Lipinski definition) is 0. The molecular weight excluding hydrogens is 302 g/mol. The van der Waals surface area contributed by atoms with Gasteiger partial charge in [-0.2, -0.15) is 0 Å². The van der Waals surface area contributed by atoms with Crippen LogP contribution >= 0.6 is 0 Å². The van der Waals surface area contributed by atoms with Crippen LogP contribution in [-0.4, -0.2) is 21.8 Å². The van der Waals surface area contributed by atoms with E-state index in [1.165, 1.54) is 0 Å². The third-order valence-electron chi connectivity index (χ3n) is 4.25. The molecule has 0 saturated heterocycles. The first-order chi connectivity index (χ1) is 11.8. The van der Waals surface area contributed by atoms with Gasteiger partial charge in [-0.3, -0.25) is 4.57 Å². The summed E-state index contributed by atoms with van der Waals surface area (Å²) >= 11 is 0. The van der Waals surface area contributed by atoms with Crippen LogP contribution in [0.15, 0.2) is 65.6 Å². The maximum atomic E-state index is 5.38. The Bertz CT molecular complexity index is 973. The normalized spacial score (nSPS) is 12.6. The van der Waals surface area contributed by atoms with Crippen molar-refractivity contribution in [1.82, 2.24) is 14.7 Å². The number of rotatable bonds is 4. The molecule has 0 amide bonds. The predicted octanol–water partition coefficient (Wildman–Crippen LogP) is 4.39. The second kappa shape index (κ2) is 5.94. The maximum absolute atomic E-state index is 5.38. The first kappa shape index (κ1) is 14.7. The van der Waals surface area contributed by atoms with Gasteiger partial charge in [0.05, 0.1) is 17.1 Å². The fourth-order valence-corrected chi connectivity index (χ4v) is 2.80. The zero-order valence-corrected chi connectivity index (χ0v) is 13.5. The van der Waals surface area contributed by atoms with Gasteiger partial charge in [0.1, 0.15) is 18.3 Å². The summed E-state index contributed by atoms with van der Waals surface area (Å²) in [6.45, 7) is 2.03. The third kappa shape index (κ3) is 2.49. The Balaban J connectivity index is 1.78. The van der Waals surface area contributed by atoms with Crippen LogP contribution in [0.1, 0.15) is 18.6 Å². The summed E-state index contributed by atoms with van der Waals surface area (Å²) in [5.74, 6) is 0. The van der Waals surface area contributed by atoms with Crippen LogP contribution < -0.4 is 0 Å². The van der Waals surface area contributed by atoms with E-state index in [1.807, 2.05) is 31.5 Å². The van der Waals surface area contributed by atoms with Gasteiger partial charge in [0, 0.05) is 24.4 Å². The summed E-state index contributed by atoms with van der Waals surface area (Å²) in [6.07, 6.45) is 3.47. The fourth-order valence-electron chi connectivity index (χ4n) is 2.80. The number of benzene rings is 2. The summed E-state index contributed by atoms with van der Waals surface area (Å²) in [4.78, 5) is 4.54. The minimum absolute atomic E-state index is 0.0510. The molecule has 2 aromatic carbocycles. The molecular formula is C19H17N3O2. The van der Waals surface area contributed by atoms with E-state index in [-0.39, 0.29) is 6.10 Å². The lowest BCUT2D eigenvalue weighted by molar-refractivity contribution is 0.119. The first-order valence-electron chi connectivity index (χ1n) is 7.77. The van der Waals surface area contributed by atoms with Crippen molar-refractivity contribution in [1.29, 1.82) is 0 Å². The smallest absolute Gasteiger partial charge is 0.124 e. The van der Waals surface area contributed by atoms with Crippen LogP contribution in [0.3, 0.4) is 0 Å². The number of methoxy groups -OCH3 is 1. The highest BCUT2D eigenvalue weighted by molar-refractivity contribution is 5.78. The van der Waals surface area contributed by atoms with Crippen molar-refractivity contribution >= 4 is 11.0 Å². The van der Waals surface area contributed by atoms with E-state index in [0.29, 0.717) is 0 Å². The van der Waals surface area contributed by atoms with Crippen molar-refractivity contribution < 1.29 is 9.26 Å². The molecule has 5 nitrogen and oxygen atoms in total. The first-order valence-corrected chi connectivity index (χ1v) is 7.77. The molecule has 2 aromatic heterocycles. The lowest BCUT2D eigenvalue weighted by atomic mass is 10.1. The van der Waals surface area contributed by atoms with E-state index in [0.717, 1.165) is 33.5 Å². The number of ether oxygens (including phenoxy) is 1. The van der Waals surface area contributed by atoms with Crippen molar-refractivity contribution in [3.05, 3.63) is 66.7 Å². The van der Waals surface area contributed by atoms with Gasteiger partial charge in [-0.25, -0.2) is 4.98 Å². The van der Waals surface area contributed by atoms with Crippen molar-refractivity contribution in [3.63, 3.8) is 0 Å². The number of aromatic nitrogens is 3. The number of nitrogens with zero attached hydrogens (tertiary/aromatic N) is 3. The Hall–Kier alpha value is -2.92. The monoisotopic (exact) mass is 319 g/mol. The molecule has 0 aliphatic carbocycles. The number of hydrogen-bond acceptors (Lipinski definition) is 4. The Morgan fingerprint density at radius 2 is 2.04 bits per heavy atom. The van der Waals surface area contributed by atoms with E-state index < -0.39 is 0 Å². The SMILES string of the molecule is COC(C)c1ccc2c(c1)ncn2-c1cccc(-c2ccon2)c1. The maximum Gasteiger partial charge on any atom is 0.124 e. The van der Waals surface area contributed by atoms with Crippen molar-refractivity contribution in [2.24, 2.45) is 0 Å².